The molecule has 0 atom stereocenters. The Bertz CT molecular complexity index is 967. The summed E-state index contributed by atoms with van der Waals surface area (Å²) in [4.78, 5) is 11.7. The van der Waals surface area contributed by atoms with E-state index in [0.717, 1.165) is 42.7 Å². The number of fused-ring (bicyclic) bond motifs is 1. The van der Waals surface area contributed by atoms with Crippen LogP contribution in [-0.2, 0) is 35.6 Å². The first-order chi connectivity index (χ1) is 12.2. The van der Waals surface area contributed by atoms with Gasteiger partial charge in [0.05, 0.1) is 22.7 Å². The maximum atomic E-state index is 12.5. The smallest absolute Gasteiger partial charge is 0.268 e. The Kier molecular flexibility index (Phi) is 4.89. The highest BCUT2D eigenvalue weighted by Gasteiger charge is 2.30. The SMILES string of the molecule is O=c1cc2c(nn1CCNS(=O)(=O)c1ccc(C(F)(F)F)cc1)CCC2. The third-order valence-electron chi connectivity index (χ3n) is 4.13. The average molecular weight is 387 g/mol. The molecule has 140 valence electrons. The summed E-state index contributed by atoms with van der Waals surface area (Å²) in [6, 6.07) is 4.72. The number of hydrogen-bond donors (Lipinski definition) is 1. The van der Waals surface area contributed by atoms with Gasteiger partial charge in [0.25, 0.3) is 5.56 Å². The Morgan fingerprint density at radius 1 is 1.15 bits per heavy atom. The summed E-state index contributed by atoms with van der Waals surface area (Å²) in [5, 5.41) is 4.23. The largest absolute Gasteiger partial charge is 0.416 e. The van der Waals surface area contributed by atoms with Crippen LogP contribution in [0.25, 0.3) is 0 Å². The van der Waals surface area contributed by atoms with E-state index in [1.54, 1.807) is 0 Å². The number of hydrogen-bond acceptors (Lipinski definition) is 4. The molecule has 0 saturated carbocycles. The van der Waals surface area contributed by atoms with E-state index in [2.05, 4.69) is 9.82 Å². The molecule has 10 heteroatoms. The van der Waals surface area contributed by atoms with Gasteiger partial charge in [-0.25, -0.2) is 17.8 Å². The van der Waals surface area contributed by atoms with Gasteiger partial charge in [-0.3, -0.25) is 4.79 Å². The Balaban J connectivity index is 1.67. The van der Waals surface area contributed by atoms with Gasteiger partial charge in [-0.1, -0.05) is 0 Å². The highest BCUT2D eigenvalue weighted by molar-refractivity contribution is 7.89. The van der Waals surface area contributed by atoms with Gasteiger partial charge >= 0.3 is 6.18 Å². The number of sulfonamides is 1. The number of halogens is 3. The molecule has 1 aliphatic carbocycles. The van der Waals surface area contributed by atoms with Crippen LogP contribution in [0.3, 0.4) is 0 Å². The molecule has 0 saturated heterocycles. The van der Waals surface area contributed by atoms with Crippen LogP contribution < -0.4 is 10.3 Å². The second kappa shape index (κ2) is 6.84. The van der Waals surface area contributed by atoms with Crippen LogP contribution in [0.4, 0.5) is 13.2 Å². The third kappa shape index (κ3) is 3.96. The molecule has 0 unspecified atom stereocenters. The van der Waals surface area contributed by atoms with E-state index < -0.39 is 21.8 Å². The van der Waals surface area contributed by atoms with Gasteiger partial charge < -0.3 is 0 Å². The van der Waals surface area contributed by atoms with Crippen molar-refractivity contribution in [2.24, 2.45) is 0 Å². The summed E-state index contributed by atoms with van der Waals surface area (Å²) in [7, 11) is -3.98. The van der Waals surface area contributed by atoms with Crippen molar-refractivity contribution in [3.05, 3.63) is 57.5 Å². The lowest BCUT2D eigenvalue weighted by molar-refractivity contribution is -0.137. The monoisotopic (exact) mass is 387 g/mol. The maximum absolute atomic E-state index is 12.5. The van der Waals surface area contributed by atoms with Crippen molar-refractivity contribution in [2.45, 2.75) is 36.9 Å². The maximum Gasteiger partial charge on any atom is 0.416 e. The molecule has 0 amide bonds. The van der Waals surface area contributed by atoms with Crippen molar-refractivity contribution in [3.8, 4) is 0 Å². The van der Waals surface area contributed by atoms with E-state index >= 15 is 0 Å². The summed E-state index contributed by atoms with van der Waals surface area (Å²) < 4.78 is 65.4. The number of aryl methyl sites for hydroxylation is 2. The van der Waals surface area contributed by atoms with Gasteiger partial charge in [-0.2, -0.15) is 18.3 Å². The molecule has 0 radical (unpaired) electrons. The van der Waals surface area contributed by atoms with E-state index in [-0.39, 0.29) is 23.5 Å². The first-order valence-corrected chi connectivity index (χ1v) is 9.42. The lowest BCUT2D eigenvalue weighted by atomic mass is 10.2. The zero-order valence-corrected chi connectivity index (χ0v) is 14.4. The fourth-order valence-corrected chi connectivity index (χ4v) is 3.81. The Morgan fingerprint density at radius 2 is 1.85 bits per heavy atom. The van der Waals surface area contributed by atoms with Gasteiger partial charge in [0.2, 0.25) is 10.0 Å². The lowest BCUT2D eigenvalue weighted by Gasteiger charge is -2.10. The minimum atomic E-state index is -4.53. The number of alkyl halides is 3. The van der Waals surface area contributed by atoms with Crippen LogP contribution in [0.5, 0.6) is 0 Å². The molecular weight excluding hydrogens is 371 g/mol. The molecule has 1 heterocycles. The minimum absolute atomic E-state index is 0.0337. The molecule has 0 bridgehead atoms. The predicted octanol–water partition coefficient (Wildman–Crippen LogP) is 1.73. The second-order valence-electron chi connectivity index (χ2n) is 5.95. The van der Waals surface area contributed by atoms with E-state index in [1.807, 2.05) is 0 Å². The topological polar surface area (TPSA) is 81.1 Å². The highest BCUT2D eigenvalue weighted by atomic mass is 32.2. The van der Waals surface area contributed by atoms with Crippen LogP contribution in [-0.4, -0.2) is 24.7 Å². The van der Waals surface area contributed by atoms with Crippen molar-refractivity contribution in [1.82, 2.24) is 14.5 Å². The predicted molar refractivity (Wildman–Crippen MR) is 87.2 cm³/mol. The molecule has 1 aromatic carbocycles. The molecule has 3 rings (SSSR count). The van der Waals surface area contributed by atoms with Crippen LogP contribution >= 0.6 is 0 Å². The zero-order chi connectivity index (χ0) is 18.9. The number of nitrogens with one attached hydrogen (secondary N) is 1. The standard InChI is InChI=1S/C16H16F3N3O3S/c17-16(18,19)12-4-6-13(7-5-12)26(24,25)20-8-9-22-15(23)10-11-2-1-3-14(11)21-22/h4-7,10,20H,1-3,8-9H2. The molecule has 0 spiro atoms. The molecule has 1 N–H and O–H groups in total. The summed E-state index contributed by atoms with van der Waals surface area (Å²) in [6.07, 6.45) is -1.99. The van der Waals surface area contributed by atoms with Gasteiger partial charge in [0.15, 0.2) is 0 Å². The van der Waals surface area contributed by atoms with Crippen LogP contribution in [0, 0.1) is 0 Å². The first kappa shape index (κ1) is 18.6. The summed E-state index contributed by atoms with van der Waals surface area (Å²) in [5.74, 6) is 0. The molecule has 0 aliphatic heterocycles. The molecular formula is C16H16F3N3O3S. The van der Waals surface area contributed by atoms with Crippen molar-refractivity contribution >= 4 is 10.0 Å². The van der Waals surface area contributed by atoms with E-state index in [4.69, 9.17) is 0 Å². The quantitative estimate of drug-likeness (QED) is 0.847. The normalized spacial score (nSPS) is 14.4. The Hall–Kier alpha value is -2.20. The molecule has 1 aromatic heterocycles. The van der Waals surface area contributed by atoms with E-state index in [1.165, 1.54) is 10.7 Å². The summed E-state index contributed by atoms with van der Waals surface area (Å²) in [6.45, 7) is -0.0684. The van der Waals surface area contributed by atoms with Crippen LogP contribution in [0.1, 0.15) is 23.2 Å². The number of nitrogens with zero attached hydrogens (tertiary/aromatic N) is 2. The Morgan fingerprint density at radius 3 is 2.50 bits per heavy atom. The second-order valence-corrected chi connectivity index (χ2v) is 7.72. The van der Waals surface area contributed by atoms with Crippen molar-refractivity contribution < 1.29 is 21.6 Å². The first-order valence-electron chi connectivity index (χ1n) is 7.94. The number of benzene rings is 1. The van der Waals surface area contributed by atoms with Crippen molar-refractivity contribution in [3.63, 3.8) is 0 Å². The molecule has 2 aromatic rings. The molecule has 6 nitrogen and oxygen atoms in total. The van der Waals surface area contributed by atoms with Gasteiger partial charge in [0, 0.05) is 12.6 Å². The van der Waals surface area contributed by atoms with Crippen molar-refractivity contribution in [2.75, 3.05) is 6.54 Å². The fraction of sp³-hybridized carbons (Fsp3) is 0.375. The Labute approximate surface area is 147 Å². The number of aromatic nitrogens is 2. The lowest BCUT2D eigenvalue weighted by Crippen LogP contribution is -2.32. The van der Waals surface area contributed by atoms with Gasteiger partial charge in [0.1, 0.15) is 0 Å². The minimum Gasteiger partial charge on any atom is -0.268 e. The van der Waals surface area contributed by atoms with E-state index in [9.17, 15) is 26.4 Å². The summed E-state index contributed by atoms with van der Waals surface area (Å²) >= 11 is 0. The molecule has 1 aliphatic rings. The average Bonchev–Trinajstić information content (AvgIpc) is 3.01. The van der Waals surface area contributed by atoms with Crippen LogP contribution in [0.15, 0.2) is 40.0 Å². The van der Waals surface area contributed by atoms with E-state index in [0.29, 0.717) is 12.1 Å². The molecule has 26 heavy (non-hydrogen) atoms. The highest BCUT2D eigenvalue weighted by Crippen LogP contribution is 2.29. The zero-order valence-electron chi connectivity index (χ0n) is 13.6. The fourth-order valence-electron chi connectivity index (χ4n) is 2.79. The van der Waals surface area contributed by atoms with Crippen LogP contribution in [0.2, 0.25) is 0 Å². The van der Waals surface area contributed by atoms with Gasteiger partial charge in [-0.15, -0.1) is 0 Å². The van der Waals surface area contributed by atoms with Gasteiger partial charge in [-0.05, 0) is 49.1 Å². The summed E-state index contributed by atoms with van der Waals surface area (Å²) in [5.41, 5.74) is 0.538. The number of rotatable bonds is 5. The third-order valence-corrected chi connectivity index (χ3v) is 5.61. The van der Waals surface area contributed by atoms with Crippen molar-refractivity contribution in [1.29, 1.82) is 0 Å². The molecule has 0 fully saturated rings.